The predicted octanol–water partition coefficient (Wildman–Crippen LogP) is 2.75. The average molecular weight is 175 g/mol. The number of hydrogen-bond donors (Lipinski definition) is 1. The van der Waals surface area contributed by atoms with Gasteiger partial charge in [-0.1, -0.05) is 41.1 Å². The second-order valence-corrected chi connectivity index (χ2v) is 2.91. The van der Waals surface area contributed by atoms with Crippen LogP contribution in [0.5, 0.6) is 0 Å². The fourth-order valence-corrected chi connectivity index (χ4v) is 1.10. The van der Waals surface area contributed by atoms with Crippen LogP contribution in [0.1, 0.15) is 17.5 Å². The minimum atomic E-state index is 0.583. The summed E-state index contributed by atoms with van der Waals surface area (Å²) < 4.78 is 0. The van der Waals surface area contributed by atoms with Crippen LogP contribution in [0.15, 0.2) is 42.1 Å². The molecule has 1 aromatic rings. The van der Waals surface area contributed by atoms with Gasteiger partial charge < -0.3 is 5.21 Å². The van der Waals surface area contributed by atoms with Gasteiger partial charge in [0.2, 0.25) is 0 Å². The van der Waals surface area contributed by atoms with E-state index in [0.717, 1.165) is 5.56 Å². The van der Waals surface area contributed by atoms with Crippen LogP contribution in [0.2, 0.25) is 0 Å². The van der Waals surface area contributed by atoms with Crippen LogP contribution in [0.25, 0.3) is 0 Å². The van der Waals surface area contributed by atoms with E-state index in [1.165, 1.54) is 5.56 Å². The number of benzene rings is 1. The topological polar surface area (TPSA) is 32.6 Å². The third kappa shape index (κ3) is 2.44. The SMILES string of the molecule is C=CC/C(=N\O)c1ccc(C)cc1. The molecule has 0 radical (unpaired) electrons. The summed E-state index contributed by atoms with van der Waals surface area (Å²) in [6.45, 7) is 5.62. The van der Waals surface area contributed by atoms with Crippen LogP contribution in [0.3, 0.4) is 0 Å². The number of oxime groups is 1. The Hall–Kier alpha value is -1.57. The minimum Gasteiger partial charge on any atom is -0.411 e. The van der Waals surface area contributed by atoms with Gasteiger partial charge in [0.15, 0.2) is 0 Å². The van der Waals surface area contributed by atoms with E-state index < -0.39 is 0 Å². The standard InChI is InChI=1S/C11H13NO/c1-3-4-11(12-13)10-7-5-9(2)6-8-10/h3,5-8,13H,1,4H2,2H3/b12-11+. The van der Waals surface area contributed by atoms with Crippen molar-refractivity contribution in [2.45, 2.75) is 13.3 Å². The fraction of sp³-hybridized carbons (Fsp3) is 0.182. The summed E-state index contributed by atoms with van der Waals surface area (Å²) in [6, 6.07) is 7.86. The molecule has 1 rings (SSSR count). The third-order valence-electron chi connectivity index (χ3n) is 1.84. The summed E-state index contributed by atoms with van der Waals surface area (Å²) in [5.41, 5.74) is 2.78. The first-order valence-corrected chi connectivity index (χ1v) is 4.17. The molecule has 2 nitrogen and oxygen atoms in total. The number of nitrogens with zero attached hydrogens (tertiary/aromatic N) is 1. The monoisotopic (exact) mass is 175 g/mol. The summed E-state index contributed by atoms with van der Waals surface area (Å²) in [5.74, 6) is 0. The van der Waals surface area contributed by atoms with Gasteiger partial charge >= 0.3 is 0 Å². The lowest BCUT2D eigenvalue weighted by atomic mass is 10.1. The zero-order valence-electron chi connectivity index (χ0n) is 7.70. The highest BCUT2D eigenvalue weighted by molar-refractivity contribution is 6.00. The highest BCUT2D eigenvalue weighted by atomic mass is 16.4. The summed E-state index contributed by atoms with van der Waals surface area (Å²) >= 11 is 0. The molecule has 2 heteroatoms. The van der Waals surface area contributed by atoms with Gasteiger partial charge in [-0.3, -0.25) is 0 Å². The quantitative estimate of drug-likeness (QED) is 0.326. The van der Waals surface area contributed by atoms with Crippen molar-refractivity contribution >= 4 is 5.71 Å². The van der Waals surface area contributed by atoms with Crippen LogP contribution in [-0.4, -0.2) is 10.9 Å². The molecular weight excluding hydrogens is 162 g/mol. The fourth-order valence-electron chi connectivity index (χ4n) is 1.10. The maximum atomic E-state index is 8.72. The van der Waals surface area contributed by atoms with Gasteiger partial charge in [-0.05, 0) is 12.5 Å². The van der Waals surface area contributed by atoms with Crippen LogP contribution in [-0.2, 0) is 0 Å². The van der Waals surface area contributed by atoms with E-state index in [4.69, 9.17) is 5.21 Å². The van der Waals surface area contributed by atoms with Crippen molar-refractivity contribution in [2.75, 3.05) is 0 Å². The molecule has 0 aliphatic rings. The summed E-state index contributed by atoms with van der Waals surface area (Å²) in [6.07, 6.45) is 2.30. The zero-order chi connectivity index (χ0) is 9.68. The number of hydrogen-bond acceptors (Lipinski definition) is 2. The molecule has 0 aliphatic heterocycles. The average Bonchev–Trinajstić information content (AvgIpc) is 2.16. The molecule has 68 valence electrons. The first-order valence-electron chi connectivity index (χ1n) is 4.17. The van der Waals surface area contributed by atoms with Crippen molar-refractivity contribution in [1.29, 1.82) is 0 Å². The van der Waals surface area contributed by atoms with Gasteiger partial charge in [-0.15, -0.1) is 6.58 Å². The summed E-state index contributed by atoms with van der Waals surface area (Å²) in [5, 5.41) is 11.9. The van der Waals surface area contributed by atoms with Crippen molar-refractivity contribution < 1.29 is 5.21 Å². The van der Waals surface area contributed by atoms with Gasteiger partial charge in [-0.2, -0.15) is 0 Å². The van der Waals surface area contributed by atoms with Crippen molar-refractivity contribution in [3.63, 3.8) is 0 Å². The Balaban J connectivity index is 2.92. The van der Waals surface area contributed by atoms with E-state index in [1.807, 2.05) is 31.2 Å². The Morgan fingerprint density at radius 3 is 2.54 bits per heavy atom. The number of rotatable bonds is 3. The largest absolute Gasteiger partial charge is 0.411 e. The van der Waals surface area contributed by atoms with E-state index in [0.29, 0.717) is 12.1 Å². The van der Waals surface area contributed by atoms with Crippen molar-refractivity contribution in [3.05, 3.63) is 48.0 Å². The maximum Gasteiger partial charge on any atom is 0.0905 e. The van der Waals surface area contributed by atoms with Gasteiger partial charge in [0, 0.05) is 6.42 Å². The Labute approximate surface area is 78.2 Å². The Morgan fingerprint density at radius 2 is 2.08 bits per heavy atom. The summed E-state index contributed by atoms with van der Waals surface area (Å²) in [4.78, 5) is 0. The van der Waals surface area contributed by atoms with E-state index in [1.54, 1.807) is 6.08 Å². The number of allylic oxidation sites excluding steroid dienone is 1. The molecule has 1 N–H and O–H groups in total. The lowest BCUT2D eigenvalue weighted by Crippen LogP contribution is -1.98. The van der Waals surface area contributed by atoms with Crippen LogP contribution in [0, 0.1) is 6.92 Å². The molecule has 0 bridgehead atoms. The molecule has 0 unspecified atom stereocenters. The smallest absolute Gasteiger partial charge is 0.0905 e. The molecule has 0 aliphatic carbocycles. The molecule has 1 aromatic carbocycles. The van der Waals surface area contributed by atoms with Crippen molar-refractivity contribution in [3.8, 4) is 0 Å². The molecule has 0 saturated carbocycles. The van der Waals surface area contributed by atoms with Gasteiger partial charge in [-0.25, -0.2) is 0 Å². The maximum absolute atomic E-state index is 8.72. The molecule has 0 atom stereocenters. The highest BCUT2D eigenvalue weighted by Gasteiger charge is 2.00. The first kappa shape index (κ1) is 9.52. The minimum absolute atomic E-state index is 0.583. The van der Waals surface area contributed by atoms with Crippen molar-refractivity contribution in [2.24, 2.45) is 5.16 Å². The van der Waals surface area contributed by atoms with E-state index in [9.17, 15) is 0 Å². The molecule has 0 fully saturated rings. The lowest BCUT2D eigenvalue weighted by molar-refractivity contribution is 0.318. The second-order valence-electron chi connectivity index (χ2n) is 2.91. The van der Waals surface area contributed by atoms with E-state index in [2.05, 4.69) is 11.7 Å². The molecule has 0 saturated heterocycles. The molecule has 0 spiro atoms. The molecular formula is C11H13NO. The van der Waals surface area contributed by atoms with E-state index >= 15 is 0 Å². The Kier molecular flexibility index (Phi) is 3.26. The van der Waals surface area contributed by atoms with Gasteiger partial charge in [0.25, 0.3) is 0 Å². The lowest BCUT2D eigenvalue weighted by Gasteiger charge is -2.01. The highest BCUT2D eigenvalue weighted by Crippen LogP contribution is 2.07. The Bertz CT molecular complexity index is 311. The van der Waals surface area contributed by atoms with Crippen molar-refractivity contribution in [1.82, 2.24) is 0 Å². The predicted molar refractivity (Wildman–Crippen MR) is 54.3 cm³/mol. The summed E-state index contributed by atoms with van der Waals surface area (Å²) in [7, 11) is 0. The van der Waals surface area contributed by atoms with Gasteiger partial charge in [0.1, 0.15) is 0 Å². The number of aryl methyl sites for hydroxylation is 1. The second kappa shape index (κ2) is 4.45. The molecule has 0 heterocycles. The van der Waals surface area contributed by atoms with Crippen LogP contribution < -0.4 is 0 Å². The Morgan fingerprint density at radius 1 is 1.46 bits per heavy atom. The first-order chi connectivity index (χ1) is 6.27. The zero-order valence-corrected chi connectivity index (χ0v) is 7.70. The van der Waals surface area contributed by atoms with Crippen LogP contribution >= 0.6 is 0 Å². The molecule has 0 aromatic heterocycles. The van der Waals surface area contributed by atoms with Gasteiger partial charge in [0.05, 0.1) is 5.71 Å². The normalized spacial score (nSPS) is 11.3. The third-order valence-corrected chi connectivity index (χ3v) is 1.84. The molecule has 0 amide bonds. The van der Waals surface area contributed by atoms with E-state index in [-0.39, 0.29) is 0 Å². The molecule has 13 heavy (non-hydrogen) atoms. The van der Waals surface area contributed by atoms with Crippen LogP contribution in [0.4, 0.5) is 0 Å².